The van der Waals surface area contributed by atoms with Crippen molar-refractivity contribution >= 4 is 22.4 Å². The zero-order chi connectivity index (χ0) is 30.2. The second-order valence-corrected chi connectivity index (χ2v) is 12.0. The fraction of sp³-hybridized carbons (Fsp3) is 0.344. The van der Waals surface area contributed by atoms with Crippen molar-refractivity contribution in [3.63, 3.8) is 0 Å². The highest BCUT2D eigenvalue weighted by atomic mass is 19.1. The lowest BCUT2D eigenvalue weighted by molar-refractivity contribution is -0.119. The molecule has 0 saturated heterocycles. The number of aromatic nitrogens is 3. The predicted octanol–water partition coefficient (Wildman–Crippen LogP) is 4.04. The second kappa shape index (κ2) is 9.62. The maximum atomic E-state index is 16.2. The first-order chi connectivity index (χ1) is 19.8. The van der Waals surface area contributed by atoms with Gasteiger partial charge in [-0.3, -0.25) is 14.2 Å². The summed E-state index contributed by atoms with van der Waals surface area (Å²) in [5, 5.41) is 10.7. The molecule has 2 unspecified atom stereocenters. The summed E-state index contributed by atoms with van der Waals surface area (Å²) < 4.78 is 32.8. The number of aliphatic hydroxyl groups is 1. The topological polar surface area (TPSA) is 123 Å². The number of primary amides is 1. The van der Waals surface area contributed by atoms with E-state index in [0.717, 1.165) is 20.4 Å². The van der Waals surface area contributed by atoms with Gasteiger partial charge in [0.25, 0.3) is 5.56 Å². The standard InChI is InChI=1S/C32H32F2N4O4/c1-15-17(7-6-10-24(15)38-30(40)19-8-5-9-21(33)28(19)37(4)31(38)41)25-22(34)14-20(29(35)39)27-26(25)18-12-11-16(32(2,3)42)13-23(18)36-27/h5-10,16,20,36,42H,11-14H2,1-4H3,(H2,35,39). The number of nitrogens with zero attached hydrogens (tertiary/aromatic N) is 2. The summed E-state index contributed by atoms with van der Waals surface area (Å²) in [6.07, 6.45) is 1.54. The molecule has 6 rings (SSSR count). The van der Waals surface area contributed by atoms with Crippen LogP contribution in [0.25, 0.3) is 22.2 Å². The molecule has 0 radical (unpaired) electrons. The van der Waals surface area contributed by atoms with Gasteiger partial charge in [0.2, 0.25) is 5.91 Å². The zero-order valence-corrected chi connectivity index (χ0v) is 23.8. The van der Waals surface area contributed by atoms with Crippen LogP contribution in [0.1, 0.15) is 66.2 Å². The minimum Gasteiger partial charge on any atom is -0.390 e. The van der Waals surface area contributed by atoms with Crippen LogP contribution in [0.3, 0.4) is 0 Å². The lowest BCUT2D eigenvalue weighted by atomic mass is 9.75. The number of aromatic amines is 1. The number of carbonyl (C=O) groups excluding carboxylic acids is 1. The maximum absolute atomic E-state index is 16.2. The molecule has 8 nitrogen and oxygen atoms in total. The Labute approximate surface area is 240 Å². The van der Waals surface area contributed by atoms with Crippen LogP contribution in [-0.2, 0) is 24.7 Å². The van der Waals surface area contributed by atoms with Crippen molar-refractivity contribution in [3.8, 4) is 5.69 Å². The van der Waals surface area contributed by atoms with Gasteiger partial charge < -0.3 is 15.8 Å². The van der Waals surface area contributed by atoms with Crippen LogP contribution in [0, 0.1) is 18.7 Å². The van der Waals surface area contributed by atoms with Crippen molar-refractivity contribution in [2.75, 3.05) is 0 Å². The molecule has 0 bridgehead atoms. The number of benzene rings is 2. The third-order valence-corrected chi connectivity index (χ3v) is 9.06. The van der Waals surface area contributed by atoms with Gasteiger partial charge in [0.1, 0.15) is 11.6 Å². The van der Waals surface area contributed by atoms with Crippen molar-refractivity contribution in [3.05, 3.63) is 103 Å². The number of carbonyl (C=O) groups is 1. The van der Waals surface area contributed by atoms with Crippen molar-refractivity contribution in [1.82, 2.24) is 14.1 Å². The molecule has 4 N–H and O–H groups in total. The van der Waals surface area contributed by atoms with E-state index in [2.05, 4.69) is 4.98 Å². The SMILES string of the molecule is Cc1c(C2=C(F)CC(C(N)=O)c3[nH]c4c(c32)CCC(C(C)(C)O)C4)cccc1-n1c(=O)c2cccc(F)c2n(C)c1=O. The summed E-state index contributed by atoms with van der Waals surface area (Å²) >= 11 is 0. The van der Waals surface area contributed by atoms with Crippen LogP contribution in [0.15, 0.2) is 51.8 Å². The van der Waals surface area contributed by atoms with Gasteiger partial charge in [-0.2, -0.15) is 0 Å². The van der Waals surface area contributed by atoms with Crippen LogP contribution in [-0.4, -0.2) is 30.7 Å². The Morgan fingerprint density at radius 3 is 2.52 bits per heavy atom. The van der Waals surface area contributed by atoms with E-state index in [1.165, 1.54) is 25.2 Å². The van der Waals surface area contributed by atoms with Crippen molar-refractivity contribution in [1.29, 1.82) is 0 Å². The lowest BCUT2D eigenvalue weighted by Gasteiger charge is -2.33. The van der Waals surface area contributed by atoms with Crippen LogP contribution in [0.2, 0.25) is 0 Å². The number of H-pyrrole nitrogens is 1. The molecule has 1 amide bonds. The molecule has 2 aromatic carbocycles. The number of amides is 1. The van der Waals surface area contributed by atoms with Crippen molar-refractivity contribution < 1.29 is 18.7 Å². The minimum atomic E-state index is -0.913. The molecule has 42 heavy (non-hydrogen) atoms. The van der Waals surface area contributed by atoms with Crippen molar-refractivity contribution in [2.45, 2.75) is 58.0 Å². The summed E-state index contributed by atoms with van der Waals surface area (Å²) in [7, 11) is 1.40. The molecule has 2 aliphatic carbocycles. The Morgan fingerprint density at radius 2 is 1.83 bits per heavy atom. The Balaban J connectivity index is 1.58. The summed E-state index contributed by atoms with van der Waals surface area (Å²) in [5.41, 5.74) is 7.61. The smallest absolute Gasteiger partial charge is 0.335 e. The van der Waals surface area contributed by atoms with E-state index in [1.54, 1.807) is 39.0 Å². The largest absolute Gasteiger partial charge is 0.390 e. The second-order valence-electron chi connectivity index (χ2n) is 12.0. The monoisotopic (exact) mass is 574 g/mol. The van der Waals surface area contributed by atoms with E-state index in [1.807, 2.05) is 0 Å². The summed E-state index contributed by atoms with van der Waals surface area (Å²) in [6, 6.07) is 9.02. The molecule has 218 valence electrons. The first-order valence-electron chi connectivity index (χ1n) is 14.0. The number of nitrogens with two attached hydrogens (primary N) is 1. The fourth-order valence-corrected chi connectivity index (χ4v) is 6.75. The van der Waals surface area contributed by atoms with Gasteiger partial charge in [-0.25, -0.2) is 18.1 Å². The molecule has 0 spiro atoms. The van der Waals surface area contributed by atoms with Crippen LogP contribution in [0.5, 0.6) is 0 Å². The molecular formula is C32H32F2N4O4. The first-order valence-corrected chi connectivity index (χ1v) is 14.0. The molecule has 0 aliphatic heterocycles. The highest BCUT2D eigenvalue weighted by molar-refractivity contribution is 5.93. The quantitative estimate of drug-likeness (QED) is 0.340. The zero-order valence-electron chi connectivity index (χ0n) is 23.8. The van der Waals surface area contributed by atoms with Gasteiger partial charge in [0.15, 0.2) is 0 Å². The number of nitrogens with one attached hydrogen (secondary N) is 1. The predicted molar refractivity (Wildman–Crippen MR) is 156 cm³/mol. The highest BCUT2D eigenvalue weighted by Gasteiger charge is 2.40. The van der Waals surface area contributed by atoms with E-state index in [9.17, 15) is 23.9 Å². The van der Waals surface area contributed by atoms with Crippen LogP contribution in [0.4, 0.5) is 8.78 Å². The van der Waals surface area contributed by atoms with Crippen LogP contribution >= 0.6 is 0 Å². The summed E-state index contributed by atoms with van der Waals surface area (Å²) in [5.74, 6) is -2.76. The molecule has 10 heteroatoms. The molecule has 2 aromatic heterocycles. The average molecular weight is 575 g/mol. The number of hydrogen-bond donors (Lipinski definition) is 3. The molecular weight excluding hydrogens is 542 g/mol. The number of halogens is 2. The van der Waals surface area contributed by atoms with Gasteiger partial charge in [0, 0.05) is 36.0 Å². The third kappa shape index (κ3) is 4.07. The van der Waals surface area contributed by atoms with E-state index in [-0.39, 0.29) is 34.5 Å². The summed E-state index contributed by atoms with van der Waals surface area (Å²) in [4.78, 5) is 42.8. The van der Waals surface area contributed by atoms with Gasteiger partial charge in [0.05, 0.1) is 28.1 Å². The van der Waals surface area contributed by atoms with E-state index >= 15 is 4.39 Å². The number of allylic oxidation sites excluding steroid dienone is 1. The molecule has 2 heterocycles. The Bertz CT molecular complexity index is 1960. The molecule has 2 atom stereocenters. The Hall–Kier alpha value is -4.31. The summed E-state index contributed by atoms with van der Waals surface area (Å²) in [6.45, 7) is 5.24. The van der Waals surface area contributed by atoms with E-state index < -0.39 is 40.3 Å². The fourth-order valence-electron chi connectivity index (χ4n) is 6.75. The number of para-hydroxylation sites is 1. The highest BCUT2D eigenvalue weighted by Crippen LogP contribution is 2.48. The molecule has 4 aromatic rings. The number of rotatable bonds is 4. The average Bonchev–Trinajstić information content (AvgIpc) is 3.30. The van der Waals surface area contributed by atoms with E-state index in [4.69, 9.17) is 5.73 Å². The van der Waals surface area contributed by atoms with Gasteiger partial charge in [-0.15, -0.1) is 0 Å². The van der Waals surface area contributed by atoms with Crippen LogP contribution < -0.4 is 17.0 Å². The lowest BCUT2D eigenvalue weighted by Crippen LogP contribution is -2.38. The Kier molecular flexibility index (Phi) is 6.38. The maximum Gasteiger partial charge on any atom is 0.335 e. The van der Waals surface area contributed by atoms with Gasteiger partial charge >= 0.3 is 5.69 Å². The Morgan fingerprint density at radius 1 is 1.12 bits per heavy atom. The van der Waals surface area contributed by atoms with E-state index in [0.29, 0.717) is 41.6 Å². The minimum absolute atomic E-state index is 0.0275. The number of fused-ring (bicyclic) bond motifs is 4. The first kappa shape index (κ1) is 27.8. The molecule has 0 fully saturated rings. The number of hydrogen-bond acceptors (Lipinski definition) is 4. The third-order valence-electron chi connectivity index (χ3n) is 9.06. The van der Waals surface area contributed by atoms with Gasteiger partial charge in [-0.05, 0) is 80.8 Å². The van der Waals surface area contributed by atoms with Crippen molar-refractivity contribution in [2.24, 2.45) is 18.7 Å². The number of aryl methyl sites for hydroxylation is 1. The molecule has 2 aliphatic rings. The van der Waals surface area contributed by atoms with Gasteiger partial charge in [-0.1, -0.05) is 18.2 Å². The normalized spacial score (nSPS) is 18.7. The molecule has 0 saturated carbocycles.